The molecule has 1 amide bonds. The van der Waals surface area contributed by atoms with Gasteiger partial charge in [0.2, 0.25) is 0 Å². The van der Waals surface area contributed by atoms with Gasteiger partial charge >= 0.3 is 0 Å². The topological polar surface area (TPSA) is 64.0 Å². The summed E-state index contributed by atoms with van der Waals surface area (Å²) in [6.45, 7) is 0. The lowest BCUT2D eigenvalue weighted by molar-refractivity contribution is 0.102. The van der Waals surface area contributed by atoms with Crippen molar-refractivity contribution in [1.82, 2.24) is 9.78 Å². The summed E-state index contributed by atoms with van der Waals surface area (Å²) in [5.74, 6) is -0.632. The van der Waals surface area contributed by atoms with Crippen LogP contribution in [0.15, 0.2) is 60.8 Å². The summed E-state index contributed by atoms with van der Waals surface area (Å²) in [4.78, 5) is 25.0. The van der Waals surface area contributed by atoms with Crippen LogP contribution < -0.4 is 5.32 Å². The molecule has 5 nitrogen and oxygen atoms in total. The lowest BCUT2D eigenvalue weighted by atomic mass is 10.0. The average molecular weight is 340 g/mol. The molecule has 6 heteroatoms. The van der Waals surface area contributed by atoms with Crippen LogP contribution in [0.4, 0.5) is 5.69 Å². The van der Waals surface area contributed by atoms with E-state index < -0.39 is 5.91 Å². The molecule has 0 unspecified atom stereocenters. The van der Waals surface area contributed by atoms with Crippen molar-refractivity contribution in [1.29, 1.82) is 0 Å². The van der Waals surface area contributed by atoms with E-state index in [1.165, 1.54) is 10.9 Å². The maximum absolute atomic E-state index is 12.7. The molecule has 0 aliphatic heterocycles. The van der Waals surface area contributed by atoms with E-state index in [-0.39, 0.29) is 16.5 Å². The first kappa shape index (κ1) is 16.0. The quantitative estimate of drug-likeness (QED) is 0.739. The number of nitrogens with zero attached hydrogens (tertiary/aromatic N) is 2. The van der Waals surface area contributed by atoms with E-state index in [4.69, 9.17) is 11.6 Å². The molecule has 0 saturated carbocycles. The number of aromatic nitrogens is 2. The second-order valence-electron chi connectivity index (χ2n) is 5.19. The molecule has 0 fully saturated rings. The first-order valence-electron chi connectivity index (χ1n) is 7.25. The van der Waals surface area contributed by atoms with E-state index in [0.717, 1.165) is 0 Å². The molecule has 0 radical (unpaired) electrons. The van der Waals surface area contributed by atoms with E-state index in [1.54, 1.807) is 55.6 Å². The lowest BCUT2D eigenvalue weighted by Gasteiger charge is -2.09. The SMILES string of the molecule is Cn1cc(Cl)c(C(=O)Nc2ccccc2C(=O)c2ccccc2)n1. The van der Waals surface area contributed by atoms with Crippen molar-refractivity contribution in [2.45, 2.75) is 0 Å². The maximum atomic E-state index is 12.7. The zero-order chi connectivity index (χ0) is 17.1. The van der Waals surface area contributed by atoms with Crippen molar-refractivity contribution in [3.05, 3.63) is 82.6 Å². The van der Waals surface area contributed by atoms with Crippen LogP contribution >= 0.6 is 11.6 Å². The third-order valence-electron chi connectivity index (χ3n) is 3.46. The van der Waals surface area contributed by atoms with Crippen LogP contribution in [0.5, 0.6) is 0 Å². The van der Waals surface area contributed by atoms with Gasteiger partial charge in [-0.05, 0) is 12.1 Å². The molecule has 120 valence electrons. The van der Waals surface area contributed by atoms with Gasteiger partial charge in [-0.15, -0.1) is 0 Å². The van der Waals surface area contributed by atoms with E-state index in [0.29, 0.717) is 16.8 Å². The first-order chi connectivity index (χ1) is 11.6. The van der Waals surface area contributed by atoms with E-state index in [2.05, 4.69) is 10.4 Å². The number of halogens is 1. The summed E-state index contributed by atoms with van der Waals surface area (Å²) in [5.41, 5.74) is 1.48. The number of hydrogen-bond donors (Lipinski definition) is 1. The normalized spacial score (nSPS) is 10.4. The smallest absolute Gasteiger partial charge is 0.277 e. The van der Waals surface area contributed by atoms with Crippen LogP contribution in [0, 0.1) is 0 Å². The van der Waals surface area contributed by atoms with Crippen LogP contribution in [-0.2, 0) is 7.05 Å². The summed E-state index contributed by atoms with van der Waals surface area (Å²) in [5, 5.41) is 6.99. The molecule has 24 heavy (non-hydrogen) atoms. The number of hydrogen-bond acceptors (Lipinski definition) is 3. The van der Waals surface area contributed by atoms with E-state index in [1.807, 2.05) is 6.07 Å². The summed E-state index contributed by atoms with van der Waals surface area (Å²) < 4.78 is 1.46. The molecule has 3 rings (SSSR count). The van der Waals surface area contributed by atoms with E-state index >= 15 is 0 Å². The number of carbonyl (C=O) groups is 2. The molecule has 3 aromatic rings. The number of nitrogens with one attached hydrogen (secondary N) is 1. The van der Waals surface area contributed by atoms with Crippen molar-refractivity contribution in [3.8, 4) is 0 Å². The highest BCUT2D eigenvalue weighted by Crippen LogP contribution is 2.21. The van der Waals surface area contributed by atoms with Crippen LogP contribution in [0.2, 0.25) is 5.02 Å². The summed E-state index contributed by atoms with van der Waals surface area (Å²) in [6, 6.07) is 15.7. The second-order valence-corrected chi connectivity index (χ2v) is 5.60. The minimum atomic E-state index is -0.464. The number of benzene rings is 2. The summed E-state index contributed by atoms with van der Waals surface area (Å²) in [7, 11) is 1.68. The van der Waals surface area contributed by atoms with Crippen LogP contribution in [0.1, 0.15) is 26.4 Å². The standard InChI is InChI=1S/C18H14ClN3O2/c1-22-11-14(19)16(21-22)18(24)20-15-10-6-5-9-13(15)17(23)12-7-3-2-4-8-12/h2-11H,1H3,(H,20,24). The van der Waals surface area contributed by atoms with Gasteiger partial charge in [0.15, 0.2) is 11.5 Å². The Morgan fingerprint density at radius 1 is 1.04 bits per heavy atom. The Kier molecular flexibility index (Phi) is 4.44. The number of amides is 1. The largest absolute Gasteiger partial charge is 0.320 e. The van der Waals surface area contributed by atoms with Gasteiger partial charge in [0.1, 0.15) is 0 Å². The number of para-hydroxylation sites is 1. The van der Waals surface area contributed by atoms with Gasteiger partial charge in [-0.2, -0.15) is 5.10 Å². The highest BCUT2D eigenvalue weighted by molar-refractivity contribution is 6.34. The fourth-order valence-corrected chi connectivity index (χ4v) is 2.59. The number of anilines is 1. The van der Waals surface area contributed by atoms with Crippen molar-refractivity contribution in [3.63, 3.8) is 0 Å². The Morgan fingerprint density at radius 3 is 2.38 bits per heavy atom. The zero-order valence-corrected chi connectivity index (χ0v) is 13.6. The fourth-order valence-electron chi connectivity index (χ4n) is 2.33. The van der Waals surface area contributed by atoms with Gasteiger partial charge in [-0.3, -0.25) is 14.3 Å². The minimum Gasteiger partial charge on any atom is -0.320 e. The van der Waals surface area contributed by atoms with Crippen molar-refractivity contribution < 1.29 is 9.59 Å². The van der Waals surface area contributed by atoms with E-state index in [9.17, 15) is 9.59 Å². The molecular weight excluding hydrogens is 326 g/mol. The molecule has 0 spiro atoms. The molecule has 1 N–H and O–H groups in total. The Bertz CT molecular complexity index is 904. The number of aryl methyl sites for hydroxylation is 1. The molecular formula is C18H14ClN3O2. The fraction of sp³-hybridized carbons (Fsp3) is 0.0556. The van der Waals surface area contributed by atoms with Gasteiger partial charge < -0.3 is 5.32 Å². The molecule has 0 saturated heterocycles. The number of carbonyl (C=O) groups excluding carboxylic acids is 2. The Morgan fingerprint density at radius 2 is 1.71 bits per heavy atom. The first-order valence-corrected chi connectivity index (χ1v) is 7.63. The molecule has 0 bridgehead atoms. The molecule has 1 aromatic heterocycles. The van der Waals surface area contributed by atoms with Crippen LogP contribution in [-0.4, -0.2) is 21.5 Å². The maximum Gasteiger partial charge on any atom is 0.277 e. The Balaban J connectivity index is 1.91. The van der Waals surface area contributed by atoms with Gasteiger partial charge in [-0.1, -0.05) is 54.1 Å². The van der Waals surface area contributed by atoms with Gasteiger partial charge in [0.05, 0.1) is 10.7 Å². The van der Waals surface area contributed by atoms with Crippen LogP contribution in [0.25, 0.3) is 0 Å². The zero-order valence-electron chi connectivity index (χ0n) is 12.9. The van der Waals surface area contributed by atoms with Gasteiger partial charge in [0, 0.05) is 24.4 Å². The summed E-state index contributed by atoms with van der Waals surface area (Å²) >= 11 is 5.99. The van der Waals surface area contributed by atoms with Crippen molar-refractivity contribution in [2.24, 2.45) is 7.05 Å². The van der Waals surface area contributed by atoms with Crippen molar-refractivity contribution >= 4 is 29.0 Å². The van der Waals surface area contributed by atoms with Gasteiger partial charge in [0.25, 0.3) is 5.91 Å². The predicted octanol–water partition coefficient (Wildman–Crippen LogP) is 3.56. The second kappa shape index (κ2) is 6.68. The predicted molar refractivity (Wildman–Crippen MR) is 92.5 cm³/mol. The molecule has 0 atom stereocenters. The Hall–Kier alpha value is -2.92. The molecule has 0 aliphatic carbocycles. The van der Waals surface area contributed by atoms with Crippen LogP contribution in [0.3, 0.4) is 0 Å². The van der Waals surface area contributed by atoms with Gasteiger partial charge in [-0.25, -0.2) is 0 Å². The average Bonchev–Trinajstić information content (AvgIpc) is 2.94. The number of ketones is 1. The number of rotatable bonds is 4. The van der Waals surface area contributed by atoms with Crippen molar-refractivity contribution in [2.75, 3.05) is 5.32 Å². The lowest BCUT2D eigenvalue weighted by Crippen LogP contribution is -2.16. The monoisotopic (exact) mass is 339 g/mol. The molecule has 0 aliphatic rings. The summed E-state index contributed by atoms with van der Waals surface area (Å²) in [6.07, 6.45) is 1.54. The molecule has 2 aromatic carbocycles. The highest BCUT2D eigenvalue weighted by atomic mass is 35.5. The third kappa shape index (κ3) is 3.21. The minimum absolute atomic E-state index is 0.112. The third-order valence-corrected chi connectivity index (χ3v) is 3.73. The molecule has 1 heterocycles. The Labute approximate surface area is 143 Å². The highest BCUT2D eigenvalue weighted by Gasteiger charge is 2.18.